The van der Waals surface area contributed by atoms with Crippen molar-refractivity contribution in [1.29, 1.82) is 0 Å². The summed E-state index contributed by atoms with van der Waals surface area (Å²) in [6, 6.07) is 4.47. The van der Waals surface area contributed by atoms with E-state index in [0.717, 1.165) is 0 Å². The number of aromatic nitrogens is 2. The summed E-state index contributed by atoms with van der Waals surface area (Å²) in [4.78, 5) is 18.0. The SMILES string of the molecule is CCOCCCOC(=O)c1ccc2nc(C(F)F)[nH]c2c1. The summed E-state index contributed by atoms with van der Waals surface area (Å²) < 4.78 is 35.3. The molecular weight excluding hydrogens is 282 g/mol. The topological polar surface area (TPSA) is 64.2 Å². The van der Waals surface area contributed by atoms with E-state index >= 15 is 0 Å². The molecule has 0 bridgehead atoms. The number of hydrogen-bond donors (Lipinski definition) is 1. The molecule has 1 aromatic carbocycles. The van der Waals surface area contributed by atoms with Crippen LogP contribution in [0.4, 0.5) is 8.78 Å². The van der Waals surface area contributed by atoms with E-state index in [2.05, 4.69) is 9.97 Å². The Labute approximate surface area is 120 Å². The maximum atomic E-state index is 12.5. The first-order valence-electron chi connectivity index (χ1n) is 6.64. The number of aromatic amines is 1. The smallest absolute Gasteiger partial charge is 0.338 e. The molecule has 0 aliphatic rings. The third-order valence-electron chi connectivity index (χ3n) is 2.81. The second-order valence-corrected chi connectivity index (χ2v) is 4.34. The molecule has 2 rings (SSSR count). The molecule has 0 atom stereocenters. The van der Waals surface area contributed by atoms with Gasteiger partial charge in [0.05, 0.1) is 23.2 Å². The van der Waals surface area contributed by atoms with Gasteiger partial charge in [0.1, 0.15) is 0 Å². The molecule has 0 saturated carbocycles. The molecule has 0 aliphatic carbocycles. The van der Waals surface area contributed by atoms with Crippen molar-refractivity contribution < 1.29 is 23.0 Å². The Morgan fingerprint density at radius 2 is 2.19 bits per heavy atom. The van der Waals surface area contributed by atoms with Gasteiger partial charge < -0.3 is 14.5 Å². The second-order valence-electron chi connectivity index (χ2n) is 4.34. The van der Waals surface area contributed by atoms with Crippen LogP contribution in [0.25, 0.3) is 11.0 Å². The van der Waals surface area contributed by atoms with Crippen molar-refractivity contribution >= 4 is 17.0 Å². The molecule has 1 aromatic heterocycles. The number of ether oxygens (including phenoxy) is 2. The number of hydrogen-bond acceptors (Lipinski definition) is 4. The summed E-state index contributed by atoms with van der Waals surface area (Å²) in [6.07, 6.45) is -2.06. The van der Waals surface area contributed by atoms with Gasteiger partial charge in [-0.05, 0) is 25.1 Å². The summed E-state index contributed by atoms with van der Waals surface area (Å²) in [6.45, 7) is 3.29. The predicted octanol–water partition coefficient (Wildman–Crippen LogP) is 3.08. The predicted molar refractivity (Wildman–Crippen MR) is 72.4 cm³/mol. The molecule has 2 aromatic rings. The van der Waals surface area contributed by atoms with E-state index in [1.807, 2.05) is 6.92 Å². The van der Waals surface area contributed by atoms with Crippen molar-refractivity contribution in [2.45, 2.75) is 19.8 Å². The standard InChI is InChI=1S/C14H16F2N2O3/c1-2-20-6-3-7-21-14(19)9-4-5-10-11(8-9)18-13(17-10)12(15)16/h4-5,8,12H,2-3,6-7H2,1H3,(H,17,18). The second kappa shape index (κ2) is 7.12. The number of nitrogens with zero attached hydrogens (tertiary/aromatic N) is 1. The summed E-state index contributed by atoms with van der Waals surface area (Å²) in [5.74, 6) is -0.908. The third kappa shape index (κ3) is 3.98. The molecule has 114 valence electrons. The summed E-state index contributed by atoms with van der Waals surface area (Å²) >= 11 is 0. The molecule has 0 spiro atoms. The van der Waals surface area contributed by atoms with E-state index in [4.69, 9.17) is 9.47 Å². The molecule has 0 amide bonds. The monoisotopic (exact) mass is 298 g/mol. The van der Waals surface area contributed by atoms with Gasteiger partial charge >= 0.3 is 5.97 Å². The fraction of sp³-hybridized carbons (Fsp3) is 0.429. The van der Waals surface area contributed by atoms with E-state index < -0.39 is 18.2 Å². The molecule has 0 radical (unpaired) electrons. The van der Waals surface area contributed by atoms with Crippen LogP contribution in [-0.4, -0.2) is 35.8 Å². The number of imidazole rings is 1. The van der Waals surface area contributed by atoms with Gasteiger partial charge in [0.2, 0.25) is 0 Å². The largest absolute Gasteiger partial charge is 0.462 e. The van der Waals surface area contributed by atoms with Gasteiger partial charge in [0.25, 0.3) is 6.43 Å². The summed E-state index contributed by atoms with van der Waals surface area (Å²) in [7, 11) is 0. The molecule has 0 fully saturated rings. The Hall–Kier alpha value is -2.02. The average Bonchev–Trinajstić information content (AvgIpc) is 2.90. The number of carbonyl (C=O) groups is 1. The fourth-order valence-corrected chi connectivity index (χ4v) is 1.81. The minimum atomic E-state index is -2.67. The van der Waals surface area contributed by atoms with Crippen molar-refractivity contribution in [1.82, 2.24) is 9.97 Å². The first-order chi connectivity index (χ1) is 10.1. The highest BCUT2D eigenvalue weighted by Gasteiger charge is 2.14. The number of H-pyrrole nitrogens is 1. The highest BCUT2D eigenvalue weighted by Crippen LogP contribution is 2.20. The molecule has 0 unspecified atom stereocenters. The molecule has 0 aliphatic heterocycles. The number of halogens is 2. The lowest BCUT2D eigenvalue weighted by Crippen LogP contribution is -2.08. The molecule has 1 heterocycles. The van der Waals surface area contributed by atoms with Crippen molar-refractivity contribution in [3.63, 3.8) is 0 Å². The van der Waals surface area contributed by atoms with Gasteiger partial charge in [-0.15, -0.1) is 0 Å². The maximum absolute atomic E-state index is 12.5. The van der Waals surface area contributed by atoms with Gasteiger partial charge in [-0.3, -0.25) is 0 Å². The van der Waals surface area contributed by atoms with Gasteiger partial charge in [-0.1, -0.05) is 0 Å². The third-order valence-corrected chi connectivity index (χ3v) is 2.81. The van der Waals surface area contributed by atoms with Gasteiger partial charge in [-0.2, -0.15) is 0 Å². The van der Waals surface area contributed by atoms with Crippen LogP contribution < -0.4 is 0 Å². The summed E-state index contributed by atoms with van der Waals surface area (Å²) in [5, 5.41) is 0. The number of rotatable bonds is 7. The maximum Gasteiger partial charge on any atom is 0.338 e. The number of alkyl halides is 2. The Balaban J connectivity index is 1.99. The normalized spacial score (nSPS) is 11.2. The van der Waals surface area contributed by atoms with Crippen LogP contribution >= 0.6 is 0 Å². The van der Waals surface area contributed by atoms with E-state index in [0.29, 0.717) is 36.2 Å². The van der Waals surface area contributed by atoms with Gasteiger partial charge in [0, 0.05) is 19.6 Å². The number of benzene rings is 1. The van der Waals surface area contributed by atoms with Gasteiger partial charge in [0.15, 0.2) is 5.82 Å². The van der Waals surface area contributed by atoms with Crippen LogP contribution in [-0.2, 0) is 9.47 Å². The van der Waals surface area contributed by atoms with Gasteiger partial charge in [-0.25, -0.2) is 18.6 Å². The Morgan fingerprint density at radius 1 is 1.38 bits per heavy atom. The molecular formula is C14H16F2N2O3. The van der Waals surface area contributed by atoms with Crippen molar-refractivity contribution in [3.05, 3.63) is 29.6 Å². The number of nitrogens with one attached hydrogen (secondary N) is 1. The van der Waals surface area contributed by atoms with Crippen LogP contribution in [0.3, 0.4) is 0 Å². The Kier molecular flexibility index (Phi) is 5.21. The quantitative estimate of drug-likeness (QED) is 0.630. The van der Waals surface area contributed by atoms with Crippen LogP contribution in [0.15, 0.2) is 18.2 Å². The first-order valence-corrected chi connectivity index (χ1v) is 6.64. The number of esters is 1. The van der Waals surface area contributed by atoms with E-state index in [1.165, 1.54) is 18.2 Å². The zero-order chi connectivity index (χ0) is 15.2. The minimum absolute atomic E-state index is 0.252. The van der Waals surface area contributed by atoms with Crippen molar-refractivity contribution in [2.75, 3.05) is 19.8 Å². The molecule has 0 saturated heterocycles. The lowest BCUT2D eigenvalue weighted by Gasteiger charge is -2.05. The number of fused-ring (bicyclic) bond motifs is 1. The fourth-order valence-electron chi connectivity index (χ4n) is 1.81. The molecule has 7 heteroatoms. The minimum Gasteiger partial charge on any atom is -0.462 e. The van der Waals surface area contributed by atoms with Crippen molar-refractivity contribution in [2.24, 2.45) is 0 Å². The first kappa shape index (κ1) is 15.4. The van der Waals surface area contributed by atoms with E-state index in [1.54, 1.807) is 0 Å². The van der Waals surface area contributed by atoms with Crippen LogP contribution in [0.2, 0.25) is 0 Å². The summed E-state index contributed by atoms with van der Waals surface area (Å²) in [5.41, 5.74) is 1.07. The molecule has 5 nitrogen and oxygen atoms in total. The molecule has 21 heavy (non-hydrogen) atoms. The van der Waals surface area contributed by atoms with E-state index in [-0.39, 0.29) is 6.61 Å². The zero-order valence-corrected chi connectivity index (χ0v) is 11.6. The number of carbonyl (C=O) groups excluding carboxylic acids is 1. The highest BCUT2D eigenvalue weighted by atomic mass is 19.3. The Morgan fingerprint density at radius 3 is 2.90 bits per heavy atom. The zero-order valence-electron chi connectivity index (χ0n) is 11.6. The Bertz CT molecular complexity index is 613. The van der Waals surface area contributed by atoms with Crippen molar-refractivity contribution in [3.8, 4) is 0 Å². The van der Waals surface area contributed by atoms with Crippen LogP contribution in [0.1, 0.15) is 36.0 Å². The average molecular weight is 298 g/mol. The van der Waals surface area contributed by atoms with Crippen LogP contribution in [0, 0.1) is 0 Å². The highest BCUT2D eigenvalue weighted by molar-refractivity contribution is 5.93. The molecule has 1 N–H and O–H groups in total. The lowest BCUT2D eigenvalue weighted by atomic mass is 10.2. The van der Waals surface area contributed by atoms with E-state index in [9.17, 15) is 13.6 Å². The van der Waals surface area contributed by atoms with Crippen LogP contribution in [0.5, 0.6) is 0 Å². The lowest BCUT2D eigenvalue weighted by molar-refractivity contribution is 0.0452.